The van der Waals surface area contributed by atoms with Gasteiger partial charge in [0.05, 0.1) is 11.8 Å². The van der Waals surface area contributed by atoms with Crippen molar-refractivity contribution >= 4 is 0 Å². The molecule has 0 aliphatic heterocycles. The van der Waals surface area contributed by atoms with E-state index >= 15 is 0 Å². The largest absolute Gasteiger partial charge is 0.393 e. The number of allylic oxidation sites excluding steroid dienone is 1. The van der Waals surface area contributed by atoms with Crippen LogP contribution in [-0.2, 0) is 11.8 Å². The molecule has 4 aliphatic rings. The third-order valence-corrected chi connectivity index (χ3v) is 8.38. The van der Waals surface area contributed by atoms with E-state index in [2.05, 4.69) is 32.0 Å². The fourth-order valence-electron chi connectivity index (χ4n) is 7.14. The van der Waals surface area contributed by atoms with Gasteiger partial charge in [-0.3, -0.25) is 0 Å². The number of aryl methyl sites for hydroxylation is 1. The summed E-state index contributed by atoms with van der Waals surface area (Å²) in [7, 11) is 0. The standard InChI is InChI=1S/C21H29NO2/c1-12-19-18(24-22-12)11-17-15-5-4-13-10-14(23)6-8-20(13,2)16(15)7-9-21(17,19)3/h4,14-17,23H,5-11H2,1-3H3/t14-,15-,16+,17+,20-,21+/m0/s1. The lowest BCUT2D eigenvalue weighted by atomic mass is 9.47. The number of hydrogen-bond donors (Lipinski definition) is 1. The van der Waals surface area contributed by atoms with Gasteiger partial charge in [-0.2, -0.15) is 0 Å². The topological polar surface area (TPSA) is 46.3 Å². The molecule has 0 unspecified atom stereocenters. The highest BCUT2D eigenvalue weighted by molar-refractivity contribution is 5.40. The van der Waals surface area contributed by atoms with E-state index in [1.807, 2.05) is 0 Å². The first-order valence-corrected chi connectivity index (χ1v) is 9.76. The van der Waals surface area contributed by atoms with Crippen molar-refractivity contribution in [1.29, 1.82) is 0 Å². The summed E-state index contributed by atoms with van der Waals surface area (Å²) in [4.78, 5) is 0. The Labute approximate surface area is 144 Å². The summed E-state index contributed by atoms with van der Waals surface area (Å²) < 4.78 is 5.69. The monoisotopic (exact) mass is 327 g/mol. The van der Waals surface area contributed by atoms with Crippen LogP contribution in [0.1, 0.15) is 69.4 Å². The number of aromatic nitrogens is 1. The molecule has 3 nitrogen and oxygen atoms in total. The third-order valence-electron chi connectivity index (χ3n) is 8.38. The first kappa shape index (κ1) is 15.2. The van der Waals surface area contributed by atoms with E-state index in [0.29, 0.717) is 11.3 Å². The van der Waals surface area contributed by atoms with Gasteiger partial charge in [-0.25, -0.2) is 0 Å². The minimum Gasteiger partial charge on any atom is -0.393 e. The molecule has 3 heteroatoms. The molecule has 1 aromatic rings. The zero-order valence-electron chi connectivity index (χ0n) is 15.1. The van der Waals surface area contributed by atoms with E-state index in [-0.39, 0.29) is 11.5 Å². The summed E-state index contributed by atoms with van der Waals surface area (Å²) in [5.41, 5.74) is 4.69. The van der Waals surface area contributed by atoms with E-state index in [9.17, 15) is 5.11 Å². The number of rotatable bonds is 0. The fraction of sp³-hybridized carbons (Fsp3) is 0.762. The summed E-state index contributed by atoms with van der Waals surface area (Å²) in [6, 6.07) is 0. The predicted octanol–water partition coefficient (Wildman–Crippen LogP) is 4.32. The van der Waals surface area contributed by atoms with Crippen LogP contribution >= 0.6 is 0 Å². The normalized spacial score (nSPS) is 46.6. The molecule has 5 rings (SSSR count). The van der Waals surface area contributed by atoms with Crippen LogP contribution in [0.15, 0.2) is 16.2 Å². The molecule has 0 saturated heterocycles. The molecule has 24 heavy (non-hydrogen) atoms. The molecule has 0 spiro atoms. The lowest BCUT2D eigenvalue weighted by Gasteiger charge is -2.57. The van der Waals surface area contributed by atoms with Crippen LogP contribution in [0.4, 0.5) is 0 Å². The van der Waals surface area contributed by atoms with E-state index < -0.39 is 0 Å². The predicted molar refractivity (Wildman–Crippen MR) is 92.7 cm³/mol. The summed E-state index contributed by atoms with van der Waals surface area (Å²) in [5, 5.41) is 14.4. The van der Waals surface area contributed by atoms with Crippen molar-refractivity contribution in [3.05, 3.63) is 28.7 Å². The molecular weight excluding hydrogens is 298 g/mol. The van der Waals surface area contributed by atoms with Gasteiger partial charge >= 0.3 is 0 Å². The molecule has 0 radical (unpaired) electrons. The van der Waals surface area contributed by atoms with Gasteiger partial charge in [0.15, 0.2) is 0 Å². The zero-order valence-corrected chi connectivity index (χ0v) is 15.1. The molecule has 130 valence electrons. The van der Waals surface area contributed by atoms with Crippen molar-refractivity contribution < 1.29 is 9.63 Å². The van der Waals surface area contributed by atoms with Crippen molar-refractivity contribution in [2.75, 3.05) is 0 Å². The lowest BCUT2D eigenvalue weighted by Crippen LogP contribution is -2.51. The number of aliphatic hydroxyl groups excluding tert-OH is 1. The average molecular weight is 327 g/mol. The smallest absolute Gasteiger partial charge is 0.141 e. The van der Waals surface area contributed by atoms with Gasteiger partial charge < -0.3 is 9.63 Å². The number of nitrogens with zero attached hydrogens (tertiary/aromatic N) is 1. The summed E-state index contributed by atoms with van der Waals surface area (Å²) in [6.07, 6.45) is 10.3. The SMILES string of the molecule is Cc1noc2c1[C@]1(C)CC[C@@H]3[C@H](CC=C4C[C@@H](O)CC[C@@]43C)[C@H]1C2. The van der Waals surface area contributed by atoms with Gasteiger partial charge in [-0.1, -0.05) is 30.7 Å². The molecule has 0 bridgehead atoms. The van der Waals surface area contributed by atoms with Gasteiger partial charge in [0.1, 0.15) is 5.76 Å². The van der Waals surface area contributed by atoms with Gasteiger partial charge in [0.25, 0.3) is 0 Å². The van der Waals surface area contributed by atoms with E-state index in [4.69, 9.17) is 4.52 Å². The summed E-state index contributed by atoms with van der Waals surface area (Å²) >= 11 is 0. The van der Waals surface area contributed by atoms with Crippen molar-refractivity contribution in [3.63, 3.8) is 0 Å². The van der Waals surface area contributed by atoms with E-state index in [1.54, 1.807) is 5.57 Å². The Balaban J connectivity index is 1.54. The van der Waals surface area contributed by atoms with Crippen molar-refractivity contribution in [1.82, 2.24) is 5.16 Å². The maximum Gasteiger partial charge on any atom is 0.141 e. The molecule has 6 atom stereocenters. The van der Waals surface area contributed by atoms with Crippen LogP contribution in [0.25, 0.3) is 0 Å². The van der Waals surface area contributed by atoms with Gasteiger partial charge in [0, 0.05) is 17.4 Å². The molecule has 0 amide bonds. The maximum atomic E-state index is 10.1. The Bertz CT molecular complexity index is 719. The van der Waals surface area contributed by atoms with Crippen LogP contribution in [-0.4, -0.2) is 16.4 Å². The zero-order chi connectivity index (χ0) is 16.7. The minimum atomic E-state index is -0.112. The Morgan fingerprint density at radius 1 is 1.12 bits per heavy atom. The molecule has 2 saturated carbocycles. The Morgan fingerprint density at radius 2 is 1.92 bits per heavy atom. The number of aliphatic hydroxyl groups is 1. The van der Waals surface area contributed by atoms with Crippen molar-refractivity contribution in [3.8, 4) is 0 Å². The maximum absolute atomic E-state index is 10.1. The second-order valence-corrected chi connectivity index (χ2v) is 9.38. The van der Waals surface area contributed by atoms with Crippen LogP contribution in [0.5, 0.6) is 0 Å². The molecule has 4 aliphatic carbocycles. The summed E-state index contributed by atoms with van der Waals surface area (Å²) in [6.45, 7) is 7.07. The molecule has 1 heterocycles. The Morgan fingerprint density at radius 3 is 2.75 bits per heavy atom. The first-order chi connectivity index (χ1) is 11.4. The molecule has 1 N–H and O–H groups in total. The third kappa shape index (κ3) is 1.75. The molecule has 0 aromatic carbocycles. The molecule has 1 aromatic heterocycles. The summed E-state index contributed by atoms with van der Waals surface area (Å²) in [5.74, 6) is 3.41. The highest BCUT2D eigenvalue weighted by Crippen LogP contribution is 2.64. The van der Waals surface area contributed by atoms with Crippen molar-refractivity contribution in [2.24, 2.45) is 23.2 Å². The van der Waals surface area contributed by atoms with Crippen LogP contribution in [0, 0.1) is 30.1 Å². The average Bonchev–Trinajstić information content (AvgIpc) is 3.06. The van der Waals surface area contributed by atoms with Gasteiger partial charge in [-0.15, -0.1) is 0 Å². The molecule has 2 fully saturated rings. The number of fused-ring (bicyclic) bond motifs is 7. The highest BCUT2D eigenvalue weighted by atomic mass is 16.5. The first-order valence-electron chi connectivity index (χ1n) is 9.76. The minimum absolute atomic E-state index is 0.112. The second kappa shape index (κ2) is 4.75. The van der Waals surface area contributed by atoms with Crippen LogP contribution in [0.3, 0.4) is 0 Å². The van der Waals surface area contributed by atoms with Crippen LogP contribution in [0.2, 0.25) is 0 Å². The van der Waals surface area contributed by atoms with Gasteiger partial charge in [0.2, 0.25) is 0 Å². The highest BCUT2D eigenvalue weighted by Gasteiger charge is 2.58. The molecular formula is C21H29NO2. The van der Waals surface area contributed by atoms with Gasteiger partial charge in [-0.05, 0) is 68.6 Å². The Hall–Kier alpha value is -1.09. The lowest BCUT2D eigenvalue weighted by molar-refractivity contribution is -0.0172. The van der Waals surface area contributed by atoms with E-state index in [0.717, 1.165) is 43.2 Å². The van der Waals surface area contributed by atoms with Crippen LogP contribution < -0.4 is 0 Å². The van der Waals surface area contributed by atoms with E-state index in [1.165, 1.54) is 30.6 Å². The quantitative estimate of drug-likeness (QED) is 0.722. The Kier molecular flexibility index (Phi) is 3.01. The second-order valence-electron chi connectivity index (χ2n) is 9.38. The fourth-order valence-corrected chi connectivity index (χ4v) is 7.14. The van der Waals surface area contributed by atoms with Crippen molar-refractivity contribution in [2.45, 2.75) is 77.2 Å². The number of hydrogen-bond acceptors (Lipinski definition) is 3.